The fourth-order valence-electron chi connectivity index (χ4n) is 2.72. The van der Waals surface area contributed by atoms with Crippen molar-refractivity contribution in [3.8, 4) is 5.75 Å². The number of phenols is 1. The van der Waals surface area contributed by atoms with Gasteiger partial charge in [-0.25, -0.2) is 0 Å². The number of hydrogen-bond acceptors (Lipinski definition) is 1. The minimum Gasteiger partial charge on any atom is -0.508 e. The molecule has 0 saturated carbocycles. The van der Waals surface area contributed by atoms with Crippen LogP contribution in [-0.2, 0) is 6.42 Å². The fraction of sp³-hybridized carbons (Fsp3) is 0.300. The third kappa shape index (κ3) is 3.36. The summed E-state index contributed by atoms with van der Waals surface area (Å²) in [6.45, 7) is 8.63. The van der Waals surface area contributed by atoms with Crippen LogP contribution < -0.4 is 0 Å². The van der Waals surface area contributed by atoms with Crippen LogP contribution in [0.2, 0.25) is 0 Å². The van der Waals surface area contributed by atoms with E-state index < -0.39 is 0 Å². The number of allylic oxidation sites excluding steroid dienone is 1. The number of benzene rings is 2. The van der Waals surface area contributed by atoms with Gasteiger partial charge in [0.2, 0.25) is 0 Å². The van der Waals surface area contributed by atoms with Crippen LogP contribution in [0.4, 0.5) is 0 Å². The van der Waals surface area contributed by atoms with E-state index in [1.54, 1.807) is 12.1 Å². The molecule has 0 unspecified atom stereocenters. The lowest BCUT2D eigenvalue weighted by Crippen LogP contribution is -1.98. The van der Waals surface area contributed by atoms with Crippen LogP contribution in [0.5, 0.6) is 5.75 Å². The molecule has 0 aliphatic heterocycles. The lowest BCUT2D eigenvalue weighted by atomic mass is 9.89. The molecule has 21 heavy (non-hydrogen) atoms. The number of phenolic OH excluding ortho intramolecular Hbond substituents is 1. The highest BCUT2D eigenvalue weighted by atomic mass is 16.3. The first kappa shape index (κ1) is 15.4. The molecule has 0 aromatic heterocycles. The van der Waals surface area contributed by atoms with Gasteiger partial charge in [0.05, 0.1) is 0 Å². The summed E-state index contributed by atoms with van der Waals surface area (Å²) < 4.78 is 0. The van der Waals surface area contributed by atoms with E-state index in [1.165, 1.54) is 27.8 Å². The van der Waals surface area contributed by atoms with Gasteiger partial charge in [0, 0.05) is 0 Å². The molecule has 0 heterocycles. The Bertz CT molecular complexity index is 648. The minimum atomic E-state index is 0.308. The highest BCUT2D eigenvalue weighted by Gasteiger charge is 2.11. The highest BCUT2D eigenvalue weighted by Crippen LogP contribution is 2.30. The summed E-state index contributed by atoms with van der Waals surface area (Å²) in [6, 6.07) is 12.1. The summed E-state index contributed by atoms with van der Waals surface area (Å²) in [4.78, 5) is 0. The average molecular weight is 280 g/mol. The Morgan fingerprint density at radius 3 is 2.24 bits per heavy atom. The van der Waals surface area contributed by atoms with Gasteiger partial charge < -0.3 is 5.11 Å². The maximum absolute atomic E-state index is 9.48. The van der Waals surface area contributed by atoms with Gasteiger partial charge in [0.25, 0.3) is 0 Å². The molecule has 110 valence electrons. The number of hydrogen-bond donors (Lipinski definition) is 1. The van der Waals surface area contributed by atoms with Gasteiger partial charge in [-0.1, -0.05) is 43.7 Å². The first-order chi connectivity index (χ1) is 10.1. The Kier molecular flexibility index (Phi) is 4.85. The van der Waals surface area contributed by atoms with Crippen molar-refractivity contribution in [2.45, 2.75) is 40.5 Å². The highest BCUT2D eigenvalue weighted by molar-refractivity contribution is 5.82. The van der Waals surface area contributed by atoms with Gasteiger partial charge >= 0.3 is 0 Å². The molecule has 1 heteroatoms. The predicted octanol–water partition coefficient (Wildman–Crippen LogP) is 5.41. The first-order valence-electron chi connectivity index (χ1n) is 7.63. The van der Waals surface area contributed by atoms with Gasteiger partial charge in [-0.05, 0) is 72.7 Å². The van der Waals surface area contributed by atoms with Crippen LogP contribution >= 0.6 is 0 Å². The van der Waals surface area contributed by atoms with E-state index in [-0.39, 0.29) is 0 Å². The van der Waals surface area contributed by atoms with Crippen molar-refractivity contribution in [1.29, 1.82) is 0 Å². The molecule has 0 aliphatic carbocycles. The standard InChI is InChI=1S/C20H24O/c1-5-7-17-12-14(3)15(4)13-20(17)19(6-2)16-8-10-18(21)11-9-16/h6,8-13,21H,5,7H2,1-4H3/b19-6-. The topological polar surface area (TPSA) is 20.2 Å². The zero-order valence-electron chi connectivity index (χ0n) is 13.4. The van der Waals surface area contributed by atoms with Gasteiger partial charge in [-0.15, -0.1) is 0 Å². The summed E-state index contributed by atoms with van der Waals surface area (Å²) in [6.07, 6.45) is 4.39. The van der Waals surface area contributed by atoms with Crippen molar-refractivity contribution in [1.82, 2.24) is 0 Å². The molecule has 2 rings (SSSR count). The van der Waals surface area contributed by atoms with Crippen molar-refractivity contribution in [2.75, 3.05) is 0 Å². The summed E-state index contributed by atoms with van der Waals surface area (Å²) in [5.74, 6) is 0.308. The van der Waals surface area contributed by atoms with E-state index >= 15 is 0 Å². The summed E-state index contributed by atoms with van der Waals surface area (Å²) in [5.41, 5.74) is 7.78. The molecule has 0 spiro atoms. The molecule has 0 bridgehead atoms. The molecule has 1 N–H and O–H groups in total. The number of rotatable bonds is 4. The van der Waals surface area contributed by atoms with Crippen LogP contribution in [0, 0.1) is 13.8 Å². The lowest BCUT2D eigenvalue weighted by molar-refractivity contribution is 0.475. The van der Waals surface area contributed by atoms with Gasteiger partial charge in [0.15, 0.2) is 0 Å². The second-order valence-corrected chi connectivity index (χ2v) is 5.59. The van der Waals surface area contributed by atoms with Crippen molar-refractivity contribution in [3.05, 3.63) is 70.3 Å². The molecular weight excluding hydrogens is 256 g/mol. The lowest BCUT2D eigenvalue weighted by Gasteiger charge is -2.16. The SMILES string of the molecule is C/C=C(/c1ccc(O)cc1)c1cc(C)c(C)cc1CCC. The Morgan fingerprint density at radius 2 is 1.67 bits per heavy atom. The molecule has 0 amide bonds. The van der Waals surface area contributed by atoms with E-state index in [4.69, 9.17) is 0 Å². The van der Waals surface area contributed by atoms with Crippen LogP contribution in [0.25, 0.3) is 5.57 Å². The van der Waals surface area contributed by atoms with Crippen molar-refractivity contribution < 1.29 is 5.11 Å². The Balaban J connectivity index is 2.56. The largest absolute Gasteiger partial charge is 0.508 e. The normalized spacial score (nSPS) is 11.7. The van der Waals surface area contributed by atoms with Crippen LogP contribution in [0.3, 0.4) is 0 Å². The Morgan fingerprint density at radius 1 is 1.05 bits per heavy atom. The molecule has 0 radical (unpaired) electrons. The summed E-state index contributed by atoms with van der Waals surface area (Å²) >= 11 is 0. The van der Waals surface area contributed by atoms with Crippen molar-refractivity contribution >= 4 is 5.57 Å². The molecule has 0 saturated heterocycles. The van der Waals surface area contributed by atoms with E-state index in [1.807, 2.05) is 12.1 Å². The third-order valence-corrected chi connectivity index (χ3v) is 4.00. The second kappa shape index (κ2) is 6.62. The van der Waals surface area contributed by atoms with Gasteiger partial charge in [0.1, 0.15) is 5.75 Å². The number of aromatic hydroxyl groups is 1. The average Bonchev–Trinajstić information content (AvgIpc) is 2.47. The zero-order chi connectivity index (χ0) is 15.4. The molecule has 2 aromatic rings. The fourth-order valence-corrected chi connectivity index (χ4v) is 2.72. The maximum atomic E-state index is 9.48. The first-order valence-corrected chi connectivity index (χ1v) is 7.63. The zero-order valence-corrected chi connectivity index (χ0v) is 13.4. The number of aryl methyl sites for hydroxylation is 3. The van der Waals surface area contributed by atoms with Crippen molar-refractivity contribution in [2.24, 2.45) is 0 Å². The molecule has 0 fully saturated rings. The second-order valence-electron chi connectivity index (χ2n) is 5.59. The predicted molar refractivity (Wildman–Crippen MR) is 90.8 cm³/mol. The summed E-state index contributed by atoms with van der Waals surface area (Å²) in [7, 11) is 0. The molecule has 0 atom stereocenters. The maximum Gasteiger partial charge on any atom is 0.115 e. The minimum absolute atomic E-state index is 0.308. The quantitative estimate of drug-likeness (QED) is 0.793. The van der Waals surface area contributed by atoms with Crippen LogP contribution in [0.15, 0.2) is 42.5 Å². The summed E-state index contributed by atoms with van der Waals surface area (Å²) in [5, 5.41) is 9.48. The van der Waals surface area contributed by atoms with Crippen LogP contribution in [0.1, 0.15) is 48.1 Å². The molecule has 1 nitrogen and oxygen atoms in total. The van der Waals surface area contributed by atoms with E-state index in [9.17, 15) is 5.11 Å². The van der Waals surface area contributed by atoms with Crippen molar-refractivity contribution in [3.63, 3.8) is 0 Å². The van der Waals surface area contributed by atoms with E-state index in [2.05, 4.69) is 45.9 Å². The monoisotopic (exact) mass is 280 g/mol. The molecule has 2 aromatic carbocycles. The Labute approximate surface area is 128 Å². The molecular formula is C20H24O. The van der Waals surface area contributed by atoms with Crippen LogP contribution in [-0.4, -0.2) is 5.11 Å². The molecule has 0 aliphatic rings. The van der Waals surface area contributed by atoms with E-state index in [0.29, 0.717) is 5.75 Å². The smallest absolute Gasteiger partial charge is 0.115 e. The van der Waals surface area contributed by atoms with Gasteiger partial charge in [-0.2, -0.15) is 0 Å². The Hall–Kier alpha value is -2.02. The van der Waals surface area contributed by atoms with E-state index in [0.717, 1.165) is 18.4 Å². The van der Waals surface area contributed by atoms with Gasteiger partial charge in [-0.3, -0.25) is 0 Å². The third-order valence-electron chi connectivity index (χ3n) is 4.00.